The highest BCUT2D eigenvalue weighted by atomic mass is 16.4. The van der Waals surface area contributed by atoms with Gasteiger partial charge in [0.1, 0.15) is 0 Å². The number of aliphatic carboxylic acids is 1. The number of carboxylic acids is 1. The van der Waals surface area contributed by atoms with Gasteiger partial charge in [-0.25, -0.2) is 9.97 Å². The first-order chi connectivity index (χ1) is 12.1. The highest BCUT2D eigenvalue weighted by Gasteiger charge is 2.67. The van der Waals surface area contributed by atoms with Crippen LogP contribution in [0.4, 0.5) is 0 Å². The molecule has 2 aromatic carbocycles. The molecule has 0 saturated heterocycles. The Morgan fingerprint density at radius 2 is 1.44 bits per heavy atom. The summed E-state index contributed by atoms with van der Waals surface area (Å²) in [6.45, 7) is 1.84. The molecule has 0 spiro atoms. The van der Waals surface area contributed by atoms with Gasteiger partial charge in [0.05, 0.1) is 5.41 Å². The highest BCUT2D eigenvalue weighted by molar-refractivity contribution is 5.83. The molecule has 0 bridgehead atoms. The standard InChI is InChI=1S/C21H18N2O2/c1-21(20(24)25)17(14-6-3-2-4-7-14)18(21)15-8-10-16(11-9-15)19-22-12-5-13-23-19/h2-13,17-18H,1H3,(H,24,25). The lowest BCUT2D eigenvalue weighted by atomic mass is 10.00. The van der Waals surface area contributed by atoms with E-state index < -0.39 is 11.4 Å². The fourth-order valence-corrected chi connectivity index (χ4v) is 3.80. The number of benzene rings is 2. The van der Waals surface area contributed by atoms with Crippen molar-refractivity contribution in [2.45, 2.75) is 18.8 Å². The second-order valence-corrected chi connectivity index (χ2v) is 6.65. The van der Waals surface area contributed by atoms with Crippen molar-refractivity contribution in [1.82, 2.24) is 9.97 Å². The molecule has 1 aliphatic rings. The quantitative estimate of drug-likeness (QED) is 0.782. The van der Waals surface area contributed by atoms with Crippen LogP contribution in [0.2, 0.25) is 0 Å². The van der Waals surface area contributed by atoms with Crippen molar-refractivity contribution in [3.8, 4) is 11.4 Å². The maximum absolute atomic E-state index is 11.9. The zero-order valence-corrected chi connectivity index (χ0v) is 13.8. The first kappa shape index (κ1) is 15.5. The van der Waals surface area contributed by atoms with Gasteiger partial charge in [-0.15, -0.1) is 0 Å². The van der Waals surface area contributed by atoms with Gasteiger partial charge in [0.25, 0.3) is 0 Å². The summed E-state index contributed by atoms with van der Waals surface area (Å²) >= 11 is 0. The summed E-state index contributed by atoms with van der Waals surface area (Å²) in [6.07, 6.45) is 3.42. The van der Waals surface area contributed by atoms with E-state index in [1.165, 1.54) is 0 Å². The number of aromatic nitrogens is 2. The summed E-state index contributed by atoms with van der Waals surface area (Å²) in [4.78, 5) is 20.4. The van der Waals surface area contributed by atoms with Crippen molar-refractivity contribution in [2.24, 2.45) is 5.41 Å². The number of rotatable bonds is 4. The summed E-state index contributed by atoms with van der Waals surface area (Å²) in [5, 5.41) is 9.79. The molecule has 1 fully saturated rings. The summed E-state index contributed by atoms with van der Waals surface area (Å²) < 4.78 is 0. The molecule has 1 aliphatic carbocycles. The zero-order chi connectivity index (χ0) is 17.4. The lowest BCUT2D eigenvalue weighted by Gasteiger charge is -2.06. The van der Waals surface area contributed by atoms with E-state index in [0.717, 1.165) is 16.7 Å². The largest absolute Gasteiger partial charge is 0.481 e. The number of carbonyl (C=O) groups is 1. The van der Waals surface area contributed by atoms with Crippen LogP contribution in [0.15, 0.2) is 73.1 Å². The van der Waals surface area contributed by atoms with Crippen molar-refractivity contribution in [1.29, 1.82) is 0 Å². The molecule has 0 aliphatic heterocycles. The Morgan fingerprint density at radius 1 is 0.880 bits per heavy atom. The number of hydrogen-bond donors (Lipinski definition) is 1. The third kappa shape index (κ3) is 2.50. The Hall–Kier alpha value is -3.01. The number of nitrogens with zero attached hydrogens (tertiary/aromatic N) is 2. The Bertz CT molecular complexity index is 894. The van der Waals surface area contributed by atoms with Gasteiger partial charge in [-0.2, -0.15) is 0 Å². The van der Waals surface area contributed by atoms with Crippen molar-refractivity contribution >= 4 is 5.97 Å². The molecule has 0 radical (unpaired) electrons. The van der Waals surface area contributed by atoms with E-state index in [0.29, 0.717) is 5.82 Å². The molecule has 0 amide bonds. The minimum atomic E-state index is -0.772. The average Bonchev–Trinajstić information content (AvgIpc) is 3.31. The van der Waals surface area contributed by atoms with Crippen LogP contribution in [0.1, 0.15) is 29.9 Å². The molecule has 25 heavy (non-hydrogen) atoms. The lowest BCUT2D eigenvalue weighted by molar-refractivity contribution is -0.143. The monoisotopic (exact) mass is 330 g/mol. The predicted octanol–water partition coefficient (Wildman–Crippen LogP) is 4.12. The molecular weight excluding hydrogens is 312 g/mol. The fraction of sp³-hybridized carbons (Fsp3) is 0.190. The maximum atomic E-state index is 11.9. The van der Waals surface area contributed by atoms with Crippen molar-refractivity contribution in [3.63, 3.8) is 0 Å². The predicted molar refractivity (Wildman–Crippen MR) is 95.1 cm³/mol. The van der Waals surface area contributed by atoms with Crippen LogP contribution >= 0.6 is 0 Å². The van der Waals surface area contributed by atoms with Gasteiger partial charge >= 0.3 is 5.97 Å². The van der Waals surface area contributed by atoms with Gasteiger partial charge in [-0.05, 0) is 24.1 Å². The van der Waals surface area contributed by atoms with Crippen LogP contribution in [0.3, 0.4) is 0 Å². The van der Waals surface area contributed by atoms with Crippen LogP contribution in [0.5, 0.6) is 0 Å². The molecule has 1 heterocycles. The van der Waals surface area contributed by atoms with Gasteiger partial charge in [-0.1, -0.05) is 54.6 Å². The summed E-state index contributed by atoms with van der Waals surface area (Å²) in [7, 11) is 0. The third-order valence-corrected chi connectivity index (χ3v) is 5.23. The number of hydrogen-bond acceptors (Lipinski definition) is 3. The average molecular weight is 330 g/mol. The smallest absolute Gasteiger partial charge is 0.310 e. The molecule has 4 rings (SSSR count). The van der Waals surface area contributed by atoms with E-state index in [1.807, 2.05) is 61.5 Å². The molecule has 124 valence electrons. The highest BCUT2D eigenvalue weighted by Crippen LogP contribution is 2.70. The minimum absolute atomic E-state index is 0.00924. The normalized spacial score (nSPS) is 24.7. The van der Waals surface area contributed by atoms with Crippen LogP contribution in [-0.4, -0.2) is 21.0 Å². The van der Waals surface area contributed by atoms with Crippen molar-refractivity contribution < 1.29 is 9.90 Å². The van der Waals surface area contributed by atoms with Crippen molar-refractivity contribution in [2.75, 3.05) is 0 Å². The molecule has 3 atom stereocenters. The van der Waals surface area contributed by atoms with Crippen molar-refractivity contribution in [3.05, 3.63) is 84.2 Å². The maximum Gasteiger partial charge on any atom is 0.310 e. The third-order valence-electron chi connectivity index (χ3n) is 5.23. The Balaban J connectivity index is 1.68. The van der Waals surface area contributed by atoms with E-state index in [-0.39, 0.29) is 11.8 Å². The molecule has 3 unspecified atom stereocenters. The Kier molecular flexibility index (Phi) is 3.61. The summed E-state index contributed by atoms with van der Waals surface area (Å²) in [5.41, 5.74) is 2.27. The van der Waals surface area contributed by atoms with E-state index in [4.69, 9.17) is 0 Å². The topological polar surface area (TPSA) is 63.1 Å². The summed E-state index contributed by atoms with van der Waals surface area (Å²) in [6, 6.07) is 19.6. The van der Waals surface area contributed by atoms with E-state index in [2.05, 4.69) is 9.97 Å². The number of carboxylic acid groups (broad SMARTS) is 1. The molecule has 1 aromatic heterocycles. The first-order valence-corrected chi connectivity index (χ1v) is 8.28. The van der Waals surface area contributed by atoms with Crippen LogP contribution in [0, 0.1) is 5.41 Å². The van der Waals surface area contributed by atoms with Crippen LogP contribution in [0.25, 0.3) is 11.4 Å². The fourth-order valence-electron chi connectivity index (χ4n) is 3.80. The molecule has 3 aromatic rings. The molecule has 4 heteroatoms. The Labute approximate surface area is 146 Å². The SMILES string of the molecule is CC1(C(=O)O)C(c2ccccc2)C1c1ccc(-c2ncccn2)cc1. The van der Waals surface area contributed by atoms with Gasteiger partial charge in [0, 0.05) is 29.8 Å². The van der Waals surface area contributed by atoms with Gasteiger partial charge in [0.2, 0.25) is 0 Å². The second-order valence-electron chi connectivity index (χ2n) is 6.65. The zero-order valence-electron chi connectivity index (χ0n) is 13.8. The van der Waals surface area contributed by atoms with E-state index in [9.17, 15) is 9.90 Å². The lowest BCUT2D eigenvalue weighted by Crippen LogP contribution is -2.14. The minimum Gasteiger partial charge on any atom is -0.481 e. The first-order valence-electron chi connectivity index (χ1n) is 8.28. The second kappa shape index (κ2) is 5.81. The molecule has 4 nitrogen and oxygen atoms in total. The van der Waals surface area contributed by atoms with E-state index in [1.54, 1.807) is 18.5 Å². The van der Waals surface area contributed by atoms with E-state index >= 15 is 0 Å². The van der Waals surface area contributed by atoms with Gasteiger partial charge < -0.3 is 5.11 Å². The molecular formula is C21H18N2O2. The molecule has 1 saturated carbocycles. The van der Waals surface area contributed by atoms with Crippen LogP contribution < -0.4 is 0 Å². The van der Waals surface area contributed by atoms with Gasteiger partial charge in [-0.3, -0.25) is 4.79 Å². The van der Waals surface area contributed by atoms with Crippen LogP contribution in [-0.2, 0) is 4.79 Å². The van der Waals surface area contributed by atoms with Gasteiger partial charge in [0.15, 0.2) is 5.82 Å². The molecule has 1 N–H and O–H groups in total. The Morgan fingerprint density at radius 3 is 2.00 bits per heavy atom. The summed E-state index contributed by atoms with van der Waals surface area (Å²) in [5.74, 6) is -0.115.